The summed E-state index contributed by atoms with van der Waals surface area (Å²) in [7, 11) is 0. The van der Waals surface area contributed by atoms with Crippen LogP contribution in [-0.2, 0) is 0 Å². The number of aliphatic hydroxyl groups is 1. The molecule has 0 aliphatic rings. The highest BCUT2D eigenvalue weighted by Gasteiger charge is 2.22. The molecule has 0 spiro atoms. The summed E-state index contributed by atoms with van der Waals surface area (Å²) in [6, 6.07) is 10.9. The topological polar surface area (TPSA) is 148 Å². The number of aliphatic hydroxyl groups excluding tert-OH is 1. The third-order valence-corrected chi connectivity index (χ3v) is 3.92. The molecule has 0 aliphatic carbocycles. The maximum atomic E-state index is 12.4. The van der Waals surface area contributed by atoms with Crippen molar-refractivity contribution >= 4 is 22.4 Å². The number of non-ortho nitro benzene ring substituents is 1. The molecule has 9 nitrogen and oxygen atoms in total. The van der Waals surface area contributed by atoms with Crippen molar-refractivity contribution < 1.29 is 10.0 Å². The second-order valence-corrected chi connectivity index (χ2v) is 5.70. The van der Waals surface area contributed by atoms with Gasteiger partial charge in [0.1, 0.15) is 11.8 Å². The van der Waals surface area contributed by atoms with E-state index in [-0.39, 0.29) is 22.6 Å². The van der Waals surface area contributed by atoms with Crippen LogP contribution >= 0.6 is 0 Å². The Labute approximate surface area is 147 Å². The minimum absolute atomic E-state index is 0.102. The van der Waals surface area contributed by atoms with Gasteiger partial charge < -0.3 is 15.9 Å². The maximum absolute atomic E-state index is 12.4. The molecule has 1 aromatic heterocycles. The quantitative estimate of drug-likeness (QED) is 0.280. The smallest absolute Gasteiger partial charge is 0.276 e. The number of H-pyrrole nitrogens is 1. The Morgan fingerprint density at radius 1 is 1.31 bits per heavy atom. The SMILES string of the molecule is Cc1ccc([C@H](O)/C(=N\N)c2nc3ccc([N+](=O)[O-])cc3[nH]c2=O)cc1. The Morgan fingerprint density at radius 3 is 2.62 bits per heavy atom. The molecule has 2 aromatic carbocycles. The zero-order chi connectivity index (χ0) is 18.8. The van der Waals surface area contributed by atoms with Crippen LogP contribution in [0.4, 0.5) is 5.69 Å². The molecule has 0 unspecified atom stereocenters. The minimum atomic E-state index is -1.25. The van der Waals surface area contributed by atoms with Crippen LogP contribution in [0.1, 0.15) is 22.9 Å². The third-order valence-electron chi connectivity index (χ3n) is 3.92. The number of nitro benzene ring substituents is 1. The van der Waals surface area contributed by atoms with Crippen LogP contribution in [0.25, 0.3) is 11.0 Å². The molecular weight excluding hydrogens is 338 g/mol. The van der Waals surface area contributed by atoms with E-state index < -0.39 is 16.6 Å². The van der Waals surface area contributed by atoms with Crippen LogP contribution in [0.15, 0.2) is 52.4 Å². The molecule has 3 rings (SSSR count). The summed E-state index contributed by atoms with van der Waals surface area (Å²) in [5, 5.41) is 24.9. The molecule has 3 aromatic rings. The average molecular weight is 353 g/mol. The van der Waals surface area contributed by atoms with E-state index in [1.807, 2.05) is 19.1 Å². The number of fused-ring (bicyclic) bond motifs is 1. The minimum Gasteiger partial charge on any atom is -0.382 e. The molecule has 132 valence electrons. The second-order valence-electron chi connectivity index (χ2n) is 5.70. The van der Waals surface area contributed by atoms with Crippen LogP contribution < -0.4 is 11.4 Å². The highest BCUT2D eigenvalue weighted by Crippen LogP contribution is 2.20. The number of nitrogens with one attached hydrogen (secondary N) is 1. The third kappa shape index (κ3) is 3.15. The molecule has 4 N–H and O–H groups in total. The summed E-state index contributed by atoms with van der Waals surface area (Å²) in [6.07, 6.45) is -1.25. The lowest BCUT2D eigenvalue weighted by Crippen LogP contribution is -2.26. The Balaban J connectivity index is 2.08. The first kappa shape index (κ1) is 17.2. The molecule has 0 saturated carbocycles. The van der Waals surface area contributed by atoms with Crippen molar-refractivity contribution in [1.82, 2.24) is 9.97 Å². The maximum Gasteiger partial charge on any atom is 0.276 e. The number of benzene rings is 2. The first-order valence-corrected chi connectivity index (χ1v) is 7.62. The summed E-state index contributed by atoms with van der Waals surface area (Å²) in [4.78, 5) is 29.3. The van der Waals surface area contributed by atoms with Crippen molar-refractivity contribution in [2.45, 2.75) is 13.0 Å². The molecule has 0 bridgehead atoms. The van der Waals surface area contributed by atoms with Gasteiger partial charge in [0, 0.05) is 12.1 Å². The van der Waals surface area contributed by atoms with Gasteiger partial charge in [-0.2, -0.15) is 5.10 Å². The van der Waals surface area contributed by atoms with Gasteiger partial charge in [-0.05, 0) is 18.6 Å². The first-order valence-electron chi connectivity index (χ1n) is 7.62. The van der Waals surface area contributed by atoms with E-state index in [0.29, 0.717) is 11.1 Å². The number of hydrazone groups is 1. The number of rotatable bonds is 4. The predicted octanol–water partition coefficient (Wildman–Crippen LogP) is 1.54. The van der Waals surface area contributed by atoms with Gasteiger partial charge in [0.05, 0.1) is 16.0 Å². The van der Waals surface area contributed by atoms with Crippen molar-refractivity contribution in [3.05, 3.63) is 79.8 Å². The van der Waals surface area contributed by atoms with Gasteiger partial charge in [0.2, 0.25) is 0 Å². The lowest BCUT2D eigenvalue weighted by Gasteiger charge is -2.13. The monoisotopic (exact) mass is 353 g/mol. The van der Waals surface area contributed by atoms with Gasteiger partial charge in [-0.3, -0.25) is 14.9 Å². The van der Waals surface area contributed by atoms with Gasteiger partial charge in [-0.1, -0.05) is 29.8 Å². The summed E-state index contributed by atoms with van der Waals surface area (Å²) < 4.78 is 0. The first-order chi connectivity index (χ1) is 12.4. The molecule has 9 heteroatoms. The van der Waals surface area contributed by atoms with Crippen LogP contribution in [0.5, 0.6) is 0 Å². The molecule has 26 heavy (non-hydrogen) atoms. The fourth-order valence-electron chi connectivity index (χ4n) is 2.53. The van der Waals surface area contributed by atoms with Gasteiger partial charge in [0.25, 0.3) is 11.2 Å². The fourth-order valence-corrected chi connectivity index (χ4v) is 2.53. The predicted molar refractivity (Wildman–Crippen MR) is 95.9 cm³/mol. The van der Waals surface area contributed by atoms with E-state index in [0.717, 1.165) is 5.56 Å². The number of hydrogen-bond acceptors (Lipinski definition) is 7. The number of aromatic amines is 1. The van der Waals surface area contributed by atoms with Crippen molar-refractivity contribution in [1.29, 1.82) is 0 Å². The standard InChI is InChI=1S/C17H15N5O4/c1-9-2-4-10(5-3-9)16(23)14(21-18)15-17(24)20-13-8-11(22(25)26)6-7-12(13)19-15/h2-8,16,23H,18H2,1H3,(H,20,24)/b21-14-/t16-/m0/s1. The van der Waals surface area contributed by atoms with Crippen LogP contribution in [-0.4, -0.2) is 25.7 Å². The molecule has 0 saturated heterocycles. The van der Waals surface area contributed by atoms with Crippen molar-refractivity contribution in [3.63, 3.8) is 0 Å². The number of nitro groups is 1. The Hall–Kier alpha value is -3.59. The summed E-state index contributed by atoms with van der Waals surface area (Å²) in [5.74, 6) is 5.40. The van der Waals surface area contributed by atoms with Gasteiger partial charge in [0.15, 0.2) is 5.69 Å². The van der Waals surface area contributed by atoms with E-state index >= 15 is 0 Å². The van der Waals surface area contributed by atoms with E-state index in [2.05, 4.69) is 15.1 Å². The van der Waals surface area contributed by atoms with Crippen molar-refractivity contribution in [3.8, 4) is 0 Å². The summed E-state index contributed by atoms with van der Waals surface area (Å²) >= 11 is 0. The van der Waals surface area contributed by atoms with Gasteiger partial charge >= 0.3 is 0 Å². The van der Waals surface area contributed by atoms with E-state index in [1.54, 1.807) is 12.1 Å². The van der Waals surface area contributed by atoms with Crippen molar-refractivity contribution in [2.75, 3.05) is 0 Å². The Kier molecular flexibility index (Phi) is 4.46. The molecule has 1 atom stereocenters. The van der Waals surface area contributed by atoms with Crippen LogP contribution in [0, 0.1) is 17.0 Å². The lowest BCUT2D eigenvalue weighted by atomic mass is 10.0. The number of hydrogen-bond donors (Lipinski definition) is 3. The van der Waals surface area contributed by atoms with Gasteiger partial charge in [-0.15, -0.1) is 0 Å². The molecule has 1 heterocycles. The fraction of sp³-hybridized carbons (Fsp3) is 0.118. The van der Waals surface area contributed by atoms with E-state index in [1.165, 1.54) is 18.2 Å². The lowest BCUT2D eigenvalue weighted by molar-refractivity contribution is -0.384. The highest BCUT2D eigenvalue weighted by molar-refractivity contribution is 6.03. The largest absolute Gasteiger partial charge is 0.382 e. The van der Waals surface area contributed by atoms with Gasteiger partial charge in [-0.25, -0.2) is 4.98 Å². The number of nitrogens with two attached hydrogens (primary N) is 1. The molecule has 0 amide bonds. The number of aryl methyl sites for hydroxylation is 1. The van der Waals surface area contributed by atoms with Crippen molar-refractivity contribution in [2.24, 2.45) is 10.9 Å². The second kappa shape index (κ2) is 6.73. The highest BCUT2D eigenvalue weighted by atomic mass is 16.6. The Bertz CT molecular complexity index is 1070. The van der Waals surface area contributed by atoms with Crippen LogP contribution in [0.3, 0.4) is 0 Å². The molecule has 0 aliphatic heterocycles. The number of nitrogens with zero attached hydrogens (tertiary/aromatic N) is 3. The zero-order valence-electron chi connectivity index (χ0n) is 13.7. The normalized spacial score (nSPS) is 12.9. The summed E-state index contributed by atoms with van der Waals surface area (Å²) in [5.41, 5.74) is 0.942. The molecule has 0 fully saturated rings. The van der Waals surface area contributed by atoms with Crippen LogP contribution in [0.2, 0.25) is 0 Å². The summed E-state index contributed by atoms with van der Waals surface area (Å²) in [6.45, 7) is 1.91. The van der Waals surface area contributed by atoms with E-state index in [4.69, 9.17) is 5.84 Å². The zero-order valence-corrected chi connectivity index (χ0v) is 13.7. The Morgan fingerprint density at radius 2 is 2.00 bits per heavy atom. The number of aromatic nitrogens is 2. The average Bonchev–Trinajstić information content (AvgIpc) is 2.62. The molecule has 0 radical (unpaired) electrons. The molecular formula is C17H15N5O4. The van der Waals surface area contributed by atoms with E-state index in [9.17, 15) is 20.0 Å².